The van der Waals surface area contributed by atoms with E-state index in [1.54, 1.807) is 40.3 Å². The summed E-state index contributed by atoms with van der Waals surface area (Å²) in [5.41, 5.74) is 2.87. The molecule has 1 saturated heterocycles. The van der Waals surface area contributed by atoms with Gasteiger partial charge in [0.2, 0.25) is 5.91 Å². The summed E-state index contributed by atoms with van der Waals surface area (Å²) < 4.78 is 29.4. The first-order chi connectivity index (χ1) is 14.5. The number of anilines is 1. The summed E-state index contributed by atoms with van der Waals surface area (Å²) in [5, 5.41) is 17.4. The molecule has 2 atom stereocenters. The Balaban J connectivity index is 0.000000592. The standard InChI is InChI=1S/C18H14F2N6O.C3H6/c19-18(20)6-16(18)26-10-13(8-23-26)12-5-15-14(1-3-22-25(15)9-12)24-4-2-11(7-21)17(24)27;1-2-3-1/h1,3,5,8-11,16H,2,4,6H2;1-3H2. The lowest BCUT2D eigenvalue weighted by atomic mass is 10.1. The molecule has 2 unspecified atom stereocenters. The third kappa shape index (κ3) is 3.32. The molecule has 6 rings (SSSR count). The first-order valence-electron chi connectivity index (χ1n) is 10.1. The monoisotopic (exact) mass is 410 g/mol. The smallest absolute Gasteiger partial charge is 0.272 e. The van der Waals surface area contributed by atoms with E-state index in [0.717, 1.165) is 5.56 Å². The van der Waals surface area contributed by atoms with E-state index in [0.29, 0.717) is 29.7 Å². The summed E-state index contributed by atoms with van der Waals surface area (Å²) in [4.78, 5) is 14.0. The molecule has 2 saturated carbocycles. The van der Waals surface area contributed by atoms with Crippen LogP contribution >= 0.6 is 0 Å². The normalized spacial score (nSPS) is 23.8. The average molecular weight is 410 g/mol. The van der Waals surface area contributed by atoms with Gasteiger partial charge in [-0.25, -0.2) is 13.3 Å². The fraction of sp³-hybridized carbons (Fsp3) is 0.429. The number of hydrogen-bond donors (Lipinski definition) is 0. The summed E-state index contributed by atoms with van der Waals surface area (Å²) in [6, 6.07) is 4.75. The second kappa shape index (κ2) is 6.90. The van der Waals surface area contributed by atoms with Crippen molar-refractivity contribution in [1.82, 2.24) is 19.4 Å². The zero-order valence-electron chi connectivity index (χ0n) is 16.2. The molecule has 0 radical (unpaired) electrons. The minimum atomic E-state index is -2.68. The Labute approximate surface area is 171 Å². The number of fused-ring (bicyclic) bond motifs is 1. The highest BCUT2D eigenvalue weighted by molar-refractivity contribution is 6.02. The maximum atomic E-state index is 13.2. The predicted molar refractivity (Wildman–Crippen MR) is 105 cm³/mol. The van der Waals surface area contributed by atoms with Crippen LogP contribution in [0, 0.1) is 17.2 Å². The Morgan fingerprint density at radius 2 is 1.93 bits per heavy atom. The van der Waals surface area contributed by atoms with Gasteiger partial charge in [-0.15, -0.1) is 0 Å². The van der Waals surface area contributed by atoms with Crippen LogP contribution in [0.25, 0.3) is 16.6 Å². The van der Waals surface area contributed by atoms with Gasteiger partial charge >= 0.3 is 0 Å². The van der Waals surface area contributed by atoms with Crippen LogP contribution in [0.3, 0.4) is 0 Å². The minimum absolute atomic E-state index is 0.186. The first kappa shape index (κ1) is 18.7. The number of nitrogens with zero attached hydrogens (tertiary/aromatic N) is 6. The number of amides is 1. The highest BCUT2D eigenvalue weighted by atomic mass is 19.3. The van der Waals surface area contributed by atoms with E-state index >= 15 is 0 Å². The van der Waals surface area contributed by atoms with Crippen LogP contribution < -0.4 is 4.90 Å². The van der Waals surface area contributed by atoms with E-state index in [1.165, 1.54) is 23.9 Å². The highest BCUT2D eigenvalue weighted by Crippen LogP contribution is 2.52. The van der Waals surface area contributed by atoms with Crippen molar-refractivity contribution in [3.05, 3.63) is 36.9 Å². The molecule has 4 heterocycles. The van der Waals surface area contributed by atoms with Gasteiger partial charge in [0.15, 0.2) is 0 Å². The highest BCUT2D eigenvalue weighted by Gasteiger charge is 2.59. The number of carbonyl (C=O) groups excluding carboxylic acids is 1. The molecule has 2 aliphatic carbocycles. The van der Waals surface area contributed by atoms with Gasteiger partial charge in [-0.3, -0.25) is 9.48 Å². The van der Waals surface area contributed by atoms with Crippen LogP contribution in [-0.4, -0.2) is 37.8 Å². The van der Waals surface area contributed by atoms with E-state index in [2.05, 4.69) is 10.2 Å². The molecule has 154 valence electrons. The Hall–Kier alpha value is -3.28. The Morgan fingerprint density at radius 1 is 1.17 bits per heavy atom. The summed E-state index contributed by atoms with van der Waals surface area (Å²) in [6.07, 6.45) is 11.3. The van der Waals surface area contributed by atoms with Crippen molar-refractivity contribution in [1.29, 1.82) is 5.26 Å². The van der Waals surface area contributed by atoms with Crippen molar-refractivity contribution in [3.8, 4) is 17.2 Å². The average Bonchev–Trinajstić information content (AvgIpc) is 3.55. The van der Waals surface area contributed by atoms with Gasteiger partial charge in [0.05, 0.1) is 23.5 Å². The van der Waals surface area contributed by atoms with E-state index in [1.807, 2.05) is 12.1 Å². The molecule has 9 heteroatoms. The van der Waals surface area contributed by atoms with E-state index in [-0.39, 0.29) is 12.3 Å². The number of halogens is 2. The maximum Gasteiger partial charge on any atom is 0.272 e. The number of carbonyl (C=O) groups is 1. The summed E-state index contributed by atoms with van der Waals surface area (Å²) >= 11 is 0. The van der Waals surface area contributed by atoms with Crippen LogP contribution in [0.2, 0.25) is 0 Å². The molecule has 0 bridgehead atoms. The lowest BCUT2D eigenvalue weighted by Gasteiger charge is -2.16. The lowest BCUT2D eigenvalue weighted by Crippen LogP contribution is -2.27. The van der Waals surface area contributed by atoms with Crippen molar-refractivity contribution < 1.29 is 13.6 Å². The van der Waals surface area contributed by atoms with Gasteiger partial charge in [0, 0.05) is 42.7 Å². The number of rotatable bonds is 3. The van der Waals surface area contributed by atoms with Crippen LogP contribution in [0.15, 0.2) is 36.9 Å². The molecular formula is C21H20F2N6O. The summed E-state index contributed by atoms with van der Waals surface area (Å²) in [6.45, 7) is 0.478. The van der Waals surface area contributed by atoms with Gasteiger partial charge in [0.1, 0.15) is 12.0 Å². The number of aromatic nitrogens is 4. The molecule has 0 aromatic carbocycles. The van der Waals surface area contributed by atoms with E-state index < -0.39 is 17.9 Å². The van der Waals surface area contributed by atoms with Crippen molar-refractivity contribution in [2.75, 3.05) is 11.4 Å². The molecule has 1 amide bonds. The first-order valence-corrected chi connectivity index (χ1v) is 10.1. The van der Waals surface area contributed by atoms with Crippen LogP contribution in [0.1, 0.15) is 38.1 Å². The van der Waals surface area contributed by atoms with Gasteiger partial charge in [-0.1, -0.05) is 19.3 Å². The Bertz CT molecular complexity index is 1160. The molecule has 7 nitrogen and oxygen atoms in total. The molecular weight excluding hydrogens is 390 g/mol. The Morgan fingerprint density at radius 3 is 2.57 bits per heavy atom. The molecule has 0 N–H and O–H groups in total. The second-order valence-corrected chi connectivity index (χ2v) is 7.99. The molecule has 3 aromatic heterocycles. The topological polar surface area (TPSA) is 79.2 Å². The van der Waals surface area contributed by atoms with Gasteiger partial charge in [-0.2, -0.15) is 15.5 Å². The fourth-order valence-electron chi connectivity index (χ4n) is 3.57. The van der Waals surface area contributed by atoms with Crippen molar-refractivity contribution in [2.45, 2.75) is 44.1 Å². The number of alkyl halides is 2. The van der Waals surface area contributed by atoms with E-state index in [4.69, 9.17) is 5.26 Å². The third-order valence-corrected chi connectivity index (χ3v) is 5.54. The van der Waals surface area contributed by atoms with Crippen molar-refractivity contribution in [3.63, 3.8) is 0 Å². The molecule has 0 spiro atoms. The van der Waals surface area contributed by atoms with Gasteiger partial charge < -0.3 is 4.90 Å². The quantitative estimate of drug-likeness (QED) is 0.657. The SMILES string of the molecule is C1CC1.N#CC1CCN(c2ccnn3cc(-c4cnn(C5CC5(F)F)c4)cc23)C1=O. The zero-order chi connectivity index (χ0) is 20.9. The third-order valence-electron chi connectivity index (χ3n) is 5.54. The lowest BCUT2D eigenvalue weighted by molar-refractivity contribution is -0.118. The predicted octanol–water partition coefficient (Wildman–Crippen LogP) is 3.82. The number of hydrogen-bond acceptors (Lipinski definition) is 4. The second-order valence-electron chi connectivity index (χ2n) is 7.99. The van der Waals surface area contributed by atoms with Crippen LogP contribution in [-0.2, 0) is 4.79 Å². The molecule has 1 aliphatic heterocycles. The molecule has 30 heavy (non-hydrogen) atoms. The molecule has 3 aliphatic rings. The van der Waals surface area contributed by atoms with E-state index in [9.17, 15) is 13.6 Å². The van der Waals surface area contributed by atoms with Crippen molar-refractivity contribution >= 4 is 17.1 Å². The van der Waals surface area contributed by atoms with Gasteiger partial charge in [-0.05, 0) is 18.6 Å². The largest absolute Gasteiger partial charge is 0.309 e. The van der Waals surface area contributed by atoms with Crippen LogP contribution in [0.5, 0.6) is 0 Å². The summed E-state index contributed by atoms with van der Waals surface area (Å²) in [7, 11) is 0. The maximum absolute atomic E-state index is 13.2. The number of nitriles is 1. The molecule has 3 aromatic rings. The van der Waals surface area contributed by atoms with Crippen LogP contribution in [0.4, 0.5) is 14.5 Å². The fourth-order valence-corrected chi connectivity index (χ4v) is 3.57. The minimum Gasteiger partial charge on any atom is -0.309 e. The summed E-state index contributed by atoms with van der Waals surface area (Å²) in [5.74, 6) is -3.51. The van der Waals surface area contributed by atoms with Gasteiger partial charge in [0.25, 0.3) is 5.92 Å². The molecule has 3 fully saturated rings. The van der Waals surface area contributed by atoms with Crippen molar-refractivity contribution in [2.24, 2.45) is 5.92 Å². The Kier molecular flexibility index (Phi) is 4.31. The zero-order valence-corrected chi connectivity index (χ0v) is 16.2.